The lowest BCUT2D eigenvalue weighted by atomic mass is 9.99. The van der Waals surface area contributed by atoms with E-state index in [1.54, 1.807) is 6.07 Å². The molecular weight excluding hydrogens is 368 g/mol. The zero-order valence-corrected chi connectivity index (χ0v) is 16.6. The van der Waals surface area contributed by atoms with E-state index in [1.165, 1.54) is 16.5 Å². The van der Waals surface area contributed by atoms with Gasteiger partial charge in [-0.05, 0) is 61.1 Å². The van der Waals surface area contributed by atoms with E-state index in [0.717, 1.165) is 49.9 Å². The Bertz CT molecular complexity index is 1170. The predicted molar refractivity (Wildman–Crippen MR) is 113 cm³/mol. The molecule has 28 heavy (non-hydrogen) atoms. The fourth-order valence-corrected chi connectivity index (χ4v) is 6.48. The van der Waals surface area contributed by atoms with Gasteiger partial charge in [-0.15, -0.1) is 0 Å². The molecule has 144 valence electrons. The minimum Gasteiger partial charge on any atom is -0.361 e. The molecule has 1 N–H and O–H groups in total. The number of aromatic nitrogens is 1. The van der Waals surface area contributed by atoms with Crippen LogP contribution in [0.15, 0.2) is 64.5 Å². The van der Waals surface area contributed by atoms with Crippen molar-refractivity contribution in [1.29, 1.82) is 0 Å². The highest BCUT2D eigenvalue weighted by Gasteiger charge is 2.37. The molecule has 0 bridgehead atoms. The highest BCUT2D eigenvalue weighted by atomic mass is 32.2. The summed E-state index contributed by atoms with van der Waals surface area (Å²) in [5, 5.41) is 1.31. The van der Waals surface area contributed by atoms with Crippen molar-refractivity contribution in [1.82, 2.24) is 9.88 Å². The van der Waals surface area contributed by atoms with Crippen LogP contribution in [-0.4, -0.2) is 37.9 Å². The number of nitrogens with one attached hydrogen (secondary N) is 1. The first-order valence-corrected chi connectivity index (χ1v) is 11.5. The Kier molecular flexibility index (Phi) is 4.37. The van der Waals surface area contributed by atoms with Crippen LogP contribution < -0.4 is 0 Å². The SMILES string of the molecule is O=S1(=O)C2=C(CCN(CCCCc3c[nH]c4ccccc34)C2)c2ccccc21. The molecule has 1 aromatic heterocycles. The molecule has 0 unspecified atom stereocenters. The van der Waals surface area contributed by atoms with Gasteiger partial charge >= 0.3 is 0 Å². The van der Waals surface area contributed by atoms with Gasteiger partial charge in [-0.25, -0.2) is 8.42 Å². The Morgan fingerprint density at radius 3 is 2.75 bits per heavy atom. The summed E-state index contributed by atoms with van der Waals surface area (Å²) in [6, 6.07) is 15.9. The third-order valence-corrected chi connectivity index (χ3v) is 8.01. The Balaban J connectivity index is 1.21. The molecule has 5 heteroatoms. The first kappa shape index (κ1) is 17.7. The van der Waals surface area contributed by atoms with Crippen LogP contribution in [0.25, 0.3) is 16.5 Å². The Hall–Kier alpha value is -2.37. The second kappa shape index (κ2) is 6.90. The maximum absolute atomic E-state index is 12.9. The molecule has 0 aliphatic carbocycles. The van der Waals surface area contributed by atoms with E-state index < -0.39 is 9.84 Å². The third kappa shape index (κ3) is 2.90. The van der Waals surface area contributed by atoms with E-state index in [0.29, 0.717) is 16.3 Å². The van der Waals surface area contributed by atoms with Gasteiger partial charge in [0.05, 0.1) is 9.80 Å². The number of unbranched alkanes of at least 4 members (excludes halogenated alkanes) is 1. The van der Waals surface area contributed by atoms with Crippen LogP contribution >= 0.6 is 0 Å². The van der Waals surface area contributed by atoms with Gasteiger partial charge in [-0.1, -0.05) is 36.4 Å². The summed E-state index contributed by atoms with van der Waals surface area (Å²) < 4.78 is 25.8. The maximum Gasteiger partial charge on any atom is 0.204 e. The number of sulfone groups is 1. The fourth-order valence-electron chi connectivity index (χ4n) is 4.58. The van der Waals surface area contributed by atoms with Crippen molar-refractivity contribution in [2.45, 2.75) is 30.6 Å². The average Bonchev–Trinajstić information content (AvgIpc) is 3.23. The second-order valence-electron chi connectivity index (χ2n) is 7.74. The van der Waals surface area contributed by atoms with Gasteiger partial charge in [-0.3, -0.25) is 4.90 Å². The molecule has 4 nitrogen and oxygen atoms in total. The van der Waals surface area contributed by atoms with Gasteiger partial charge < -0.3 is 4.98 Å². The lowest BCUT2D eigenvalue weighted by Gasteiger charge is -2.27. The number of H-pyrrole nitrogens is 1. The lowest BCUT2D eigenvalue weighted by Crippen LogP contribution is -2.33. The quantitative estimate of drug-likeness (QED) is 0.655. The summed E-state index contributed by atoms with van der Waals surface area (Å²) in [5.41, 5.74) is 4.54. The summed E-state index contributed by atoms with van der Waals surface area (Å²) in [4.78, 5) is 6.78. The van der Waals surface area contributed by atoms with E-state index in [1.807, 2.05) is 18.2 Å². The van der Waals surface area contributed by atoms with Crippen molar-refractivity contribution < 1.29 is 8.42 Å². The standard InChI is InChI=1S/C23H24N2O2S/c26-28(27)22-11-4-2-9-19(22)20-12-14-25(16-23(20)28)13-6-5-7-17-15-24-21-10-3-1-8-18(17)21/h1-4,8-11,15,24H,5-7,12-14,16H2. The molecule has 0 saturated heterocycles. The topological polar surface area (TPSA) is 53.2 Å². The van der Waals surface area contributed by atoms with Crippen molar-refractivity contribution in [2.24, 2.45) is 0 Å². The van der Waals surface area contributed by atoms with E-state index in [2.05, 4.69) is 40.3 Å². The first-order valence-electron chi connectivity index (χ1n) is 9.98. The normalized spacial score (nSPS) is 18.4. The second-order valence-corrected chi connectivity index (χ2v) is 9.68. The minimum atomic E-state index is -3.30. The maximum atomic E-state index is 12.9. The molecular formula is C23H24N2O2S. The zero-order chi connectivity index (χ0) is 19.1. The predicted octanol–water partition coefficient (Wildman–Crippen LogP) is 4.39. The number of aromatic amines is 1. The molecule has 0 radical (unpaired) electrons. The number of hydrogen-bond donors (Lipinski definition) is 1. The summed E-state index contributed by atoms with van der Waals surface area (Å²) in [6.07, 6.45) is 6.18. The van der Waals surface area contributed by atoms with Crippen LogP contribution in [0.5, 0.6) is 0 Å². The number of aryl methyl sites for hydroxylation is 1. The summed E-state index contributed by atoms with van der Waals surface area (Å²) in [7, 11) is -3.30. The molecule has 0 saturated carbocycles. The van der Waals surface area contributed by atoms with Crippen molar-refractivity contribution in [3.05, 3.63) is 70.8 Å². The molecule has 3 heterocycles. The Labute approximate surface area is 165 Å². The van der Waals surface area contributed by atoms with E-state index in [4.69, 9.17) is 0 Å². The summed E-state index contributed by atoms with van der Waals surface area (Å²) in [6.45, 7) is 2.44. The fraction of sp³-hybridized carbons (Fsp3) is 0.304. The smallest absolute Gasteiger partial charge is 0.204 e. The average molecular weight is 393 g/mol. The van der Waals surface area contributed by atoms with E-state index in [-0.39, 0.29) is 0 Å². The molecule has 5 rings (SSSR count). The molecule has 0 amide bonds. The number of rotatable bonds is 5. The molecule has 2 aliphatic rings. The summed E-state index contributed by atoms with van der Waals surface area (Å²) in [5.74, 6) is 0. The summed E-state index contributed by atoms with van der Waals surface area (Å²) >= 11 is 0. The zero-order valence-electron chi connectivity index (χ0n) is 15.8. The van der Waals surface area contributed by atoms with Crippen LogP contribution in [0.3, 0.4) is 0 Å². The van der Waals surface area contributed by atoms with E-state index in [9.17, 15) is 8.42 Å². The van der Waals surface area contributed by atoms with Crippen LogP contribution in [0.2, 0.25) is 0 Å². The van der Waals surface area contributed by atoms with Gasteiger partial charge in [0.1, 0.15) is 0 Å². The van der Waals surface area contributed by atoms with Gasteiger partial charge in [0, 0.05) is 30.2 Å². The van der Waals surface area contributed by atoms with Crippen molar-refractivity contribution in [2.75, 3.05) is 19.6 Å². The highest BCUT2D eigenvalue weighted by Crippen LogP contribution is 2.43. The van der Waals surface area contributed by atoms with Crippen LogP contribution in [-0.2, 0) is 16.3 Å². The molecule has 0 atom stereocenters. The Morgan fingerprint density at radius 1 is 1.00 bits per heavy atom. The van der Waals surface area contributed by atoms with Gasteiger partial charge in [0.2, 0.25) is 9.84 Å². The largest absolute Gasteiger partial charge is 0.361 e. The molecule has 3 aromatic rings. The van der Waals surface area contributed by atoms with E-state index >= 15 is 0 Å². The van der Waals surface area contributed by atoms with Gasteiger partial charge in [0.25, 0.3) is 0 Å². The van der Waals surface area contributed by atoms with Crippen LogP contribution in [0.1, 0.15) is 30.4 Å². The van der Waals surface area contributed by atoms with Crippen molar-refractivity contribution in [3.8, 4) is 0 Å². The van der Waals surface area contributed by atoms with Crippen molar-refractivity contribution in [3.63, 3.8) is 0 Å². The minimum absolute atomic E-state index is 0.501. The highest BCUT2D eigenvalue weighted by molar-refractivity contribution is 7.96. The van der Waals surface area contributed by atoms with Crippen molar-refractivity contribution >= 4 is 26.3 Å². The number of hydrogen-bond acceptors (Lipinski definition) is 3. The molecule has 2 aromatic carbocycles. The number of nitrogens with zero attached hydrogens (tertiary/aromatic N) is 1. The number of fused-ring (bicyclic) bond motifs is 3. The molecule has 2 aliphatic heterocycles. The Morgan fingerprint density at radius 2 is 1.82 bits per heavy atom. The number of benzene rings is 2. The van der Waals surface area contributed by atoms with Gasteiger partial charge in [0.15, 0.2) is 0 Å². The lowest BCUT2D eigenvalue weighted by molar-refractivity contribution is 0.292. The first-order chi connectivity index (χ1) is 13.6. The van der Waals surface area contributed by atoms with Gasteiger partial charge in [-0.2, -0.15) is 0 Å². The number of para-hydroxylation sites is 1. The third-order valence-electron chi connectivity index (χ3n) is 6.05. The monoisotopic (exact) mass is 392 g/mol. The molecule has 0 fully saturated rings. The van der Waals surface area contributed by atoms with Crippen LogP contribution in [0.4, 0.5) is 0 Å². The molecule has 0 spiro atoms. The van der Waals surface area contributed by atoms with Crippen LogP contribution in [0, 0.1) is 0 Å².